The number of carbonyl (C=O) groups excluding carboxylic acids is 1. The first kappa shape index (κ1) is 12.5. The van der Waals surface area contributed by atoms with Crippen molar-refractivity contribution in [2.75, 3.05) is 6.54 Å². The number of nitrogens with one attached hydrogen (secondary N) is 1. The number of benzene rings is 1. The van der Waals surface area contributed by atoms with Gasteiger partial charge in [0.25, 0.3) is 0 Å². The van der Waals surface area contributed by atoms with Crippen LogP contribution in [0, 0.1) is 0 Å². The van der Waals surface area contributed by atoms with E-state index >= 15 is 0 Å². The number of primary amides is 1. The predicted octanol–water partition coefficient (Wildman–Crippen LogP) is 0.171. The van der Waals surface area contributed by atoms with Gasteiger partial charge in [-0.2, -0.15) is 0 Å². The number of carbonyl (C=O) groups is 1. The zero-order valence-electron chi connectivity index (χ0n) is 9.84. The molecule has 0 bridgehead atoms. The smallest absolute Gasteiger partial charge is 0.247 e. The zero-order chi connectivity index (χ0) is 13.0. The molecule has 2 aromatic rings. The Hall–Kier alpha value is -1.98. The first-order valence-corrected chi connectivity index (χ1v) is 5.68. The van der Waals surface area contributed by atoms with E-state index in [1.165, 1.54) is 0 Å². The molecule has 1 aromatic heterocycles. The quantitative estimate of drug-likeness (QED) is 0.700. The number of pyridine rings is 1. The van der Waals surface area contributed by atoms with Crippen LogP contribution < -0.4 is 11.1 Å². The molecule has 0 saturated carbocycles. The Balaban J connectivity index is 2.06. The molecule has 1 unspecified atom stereocenters. The Kier molecular flexibility index (Phi) is 3.86. The van der Waals surface area contributed by atoms with Crippen LogP contribution in [0.4, 0.5) is 0 Å². The Morgan fingerprint density at radius 1 is 1.39 bits per heavy atom. The number of amides is 1. The molecule has 0 saturated heterocycles. The van der Waals surface area contributed by atoms with Gasteiger partial charge in [0.05, 0.1) is 0 Å². The van der Waals surface area contributed by atoms with Crippen LogP contribution in [-0.2, 0) is 11.3 Å². The van der Waals surface area contributed by atoms with Crippen molar-refractivity contribution >= 4 is 16.7 Å². The number of aliphatic hydroxyl groups excluding tert-OH is 1. The number of hydrogen-bond donors (Lipinski definition) is 3. The lowest BCUT2D eigenvalue weighted by molar-refractivity contribution is -0.125. The van der Waals surface area contributed by atoms with Gasteiger partial charge in [-0.1, -0.05) is 24.3 Å². The van der Waals surface area contributed by atoms with Crippen LogP contribution in [0.1, 0.15) is 5.56 Å². The molecular weight excluding hydrogens is 230 g/mol. The van der Waals surface area contributed by atoms with Crippen LogP contribution in [0.2, 0.25) is 0 Å². The third kappa shape index (κ3) is 2.82. The van der Waals surface area contributed by atoms with E-state index in [1.807, 2.05) is 24.3 Å². The van der Waals surface area contributed by atoms with Gasteiger partial charge in [0.2, 0.25) is 5.91 Å². The summed E-state index contributed by atoms with van der Waals surface area (Å²) in [4.78, 5) is 14.8. The van der Waals surface area contributed by atoms with E-state index in [1.54, 1.807) is 12.4 Å². The summed E-state index contributed by atoms with van der Waals surface area (Å²) in [6, 6.07) is 7.92. The molecule has 1 aromatic carbocycles. The summed E-state index contributed by atoms with van der Waals surface area (Å²) < 4.78 is 0. The molecule has 5 heteroatoms. The number of fused-ring (bicyclic) bond motifs is 1. The highest BCUT2D eigenvalue weighted by Crippen LogP contribution is 2.16. The van der Waals surface area contributed by atoms with Gasteiger partial charge >= 0.3 is 0 Å². The number of nitrogens with two attached hydrogens (primary N) is 1. The average molecular weight is 245 g/mol. The minimum Gasteiger partial charge on any atom is -0.382 e. The lowest BCUT2D eigenvalue weighted by Crippen LogP contribution is -2.37. The van der Waals surface area contributed by atoms with Gasteiger partial charge in [-0.05, 0) is 10.9 Å². The summed E-state index contributed by atoms with van der Waals surface area (Å²) in [6.45, 7) is 0.664. The lowest BCUT2D eigenvalue weighted by Gasteiger charge is -2.09. The highest BCUT2D eigenvalue weighted by Gasteiger charge is 2.09. The van der Waals surface area contributed by atoms with E-state index in [4.69, 9.17) is 5.73 Å². The fraction of sp³-hybridized carbons (Fsp3) is 0.231. The summed E-state index contributed by atoms with van der Waals surface area (Å²) >= 11 is 0. The SMILES string of the molecule is NC(=O)C(O)CNCc1cncc2ccccc12. The monoisotopic (exact) mass is 245 g/mol. The van der Waals surface area contributed by atoms with Crippen molar-refractivity contribution in [3.05, 3.63) is 42.2 Å². The molecule has 94 valence electrons. The number of rotatable bonds is 5. The Morgan fingerprint density at radius 2 is 2.17 bits per heavy atom. The molecule has 0 fully saturated rings. The predicted molar refractivity (Wildman–Crippen MR) is 68.7 cm³/mol. The van der Waals surface area contributed by atoms with Gasteiger partial charge < -0.3 is 16.2 Å². The highest BCUT2D eigenvalue weighted by atomic mass is 16.3. The van der Waals surface area contributed by atoms with Crippen LogP contribution in [0.25, 0.3) is 10.8 Å². The molecular formula is C13H15N3O2. The second-order valence-corrected chi connectivity index (χ2v) is 4.07. The topological polar surface area (TPSA) is 88.2 Å². The molecule has 18 heavy (non-hydrogen) atoms. The maximum atomic E-state index is 10.7. The van der Waals surface area contributed by atoms with E-state index in [-0.39, 0.29) is 6.54 Å². The molecule has 1 amide bonds. The van der Waals surface area contributed by atoms with Crippen molar-refractivity contribution in [3.63, 3.8) is 0 Å². The second kappa shape index (κ2) is 5.57. The van der Waals surface area contributed by atoms with Gasteiger partial charge in [-0.3, -0.25) is 9.78 Å². The molecule has 4 N–H and O–H groups in total. The number of aliphatic hydroxyl groups is 1. The zero-order valence-corrected chi connectivity index (χ0v) is 9.84. The summed E-state index contributed by atoms with van der Waals surface area (Å²) in [7, 11) is 0. The van der Waals surface area contributed by atoms with Crippen molar-refractivity contribution < 1.29 is 9.90 Å². The van der Waals surface area contributed by atoms with Crippen molar-refractivity contribution in [2.45, 2.75) is 12.6 Å². The van der Waals surface area contributed by atoms with E-state index in [0.717, 1.165) is 16.3 Å². The molecule has 0 spiro atoms. The van der Waals surface area contributed by atoms with Gasteiger partial charge in [0.1, 0.15) is 6.10 Å². The summed E-state index contributed by atoms with van der Waals surface area (Å²) in [5, 5.41) is 14.4. The van der Waals surface area contributed by atoms with E-state index < -0.39 is 12.0 Å². The normalized spacial score (nSPS) is 12.5. The fourth-order valence-electron chi connectivity index (χ4n) is 1.76. The molecule has 1 heterocycles. The average Bonchev–Trinajstić information content (AvgIpc) is 2.38. The largest absolute Gasteiger partial charge is 0.382 e. The van der Waals surface area contributed by atoms with Gasteiger partial charge in [-0.25, -0.2) is 0 Å². The molecule has 0 aliphatic carbocycles. The minimum atomic E-state index is -1.16. The van der Waals surface area contributed by atoms with Crippen LogP contribution in [0.5, 0.6) is 0 Å². The highest BCUT2D eigenvalue weighted by molar-refractivity contribution is 5.84. The van der Waals surface area contributed by atoms with Crippen LogP contribution in [-0.4, -0.2) is 28.6 Å². The van der Waals surface area contributed by atoms with Crippen molar-refractivity contribution in [3.8, 4) is 0 Å². The lowest BCUT2D eigenvalue weighted by atomic mass is 10.1. The van der Waals surface area contributed by atoms with E-state index in [2.05, 4.69) is 10.3 Å². The maximum Gasteiger partial charge on any atom is 0.247 e. The third-order valence-corrected chi connectivity index (χ3v) is 2.73. The van der Waals surface area contributed by atoms with Crippen LogP contribution in [0.15, 0.2) is 36.7 Å². The second-order valence-electron chi connectivity index (χ2n) is 4.07. The summed E-state index contributed by atoms with van der Waals surface area (Å²) in [5.74, 6) is -0.724. The van der Waals surface area contributed by atoms with Crippen molar-refractivity contribution in [2.24, 2.45) is 5.73 Å². The number of aromatic nitrogens is 1. The Morgan fingerprint density at radius 3 is 2.94 bits per heavy atom. The van der Waals surface area contributed by atoms with E-state index in [0.29, 0.717) is 6.54 Å². The van der Waals surface area contributed by atoms with Crippen LogP contribution in [0.3, 0.4) is 0 Å². The first-order valence-electron chi connectivity index (χ1n) is 5.68. The summed E-state index contributed by atoms with van der Waals surface area (Å²) in [6.07, 6.45) is 2.41. The van der Waals surface area contributed by atoms with Crippen molar-refractivity contribution in [1.82, 2.24) is 10.3 Å². The van der Waals surface area contributed by atoms with Gasteiger partial charge in [0.15, 0.2) is 0 Å². The molecule has 1 atom stereocenters. The molecule has 0 aliphatic heterocycles. The maximum absolute atomic E-state index is 10.7. The molecule has 0 aliphatic rings. The van der Waals surface area contributed by atoms with Gasteiger partial charge in [-0.15, -0.1) is 0 Å². The Labute approximate surface area is 105 Å². The molecule has 0 radical (unpaired) electrons. The van der Waals surface area contributed by atoms with Gasteiger partial charge in [0, 0.05) is 30.9 Å². The first-order chi connectivity index (χ1) is 8.68. The standard InChI is InChI=1S/C13H15N3O2/c14-13(18)12(17)8-16-7-10-6-15-5-9-3-1-2-4-11(9)10/h1-6,12,16-17H,7-8H2,(H2,14,18). The molecule has 5 nitrogen and oxygen atoms in total. The third-order valence-electron chi connectivity index (χ3n) is 2.73. The number of nitrogens with zero attached hydrogens (tertiary/aromatic N) is 1. The number of hydrogen-bond acceptors (Lipinski definition) is 4. The minimum absolute atomic E-state index is 0.137. The molecule has 2 rings (SSSR count). The van der Waals surface area contributed by atoms with Crippen molar-refractivity contribution in [1.29, 1.82) is 0 Å². The fourth-order valence-corrected chi connectivity index (χ4v) is 1.76. The summed E-state index contributed by atoms with van der Waals surface area (Å²) in [5.41, 5.74) is 5.98. The van der Waals surface area contributed by atoms with E-state index in [9.17, 15) is 9.90 Å². The van der Waals surface area contributed by atoms with Crippen LogP contribution >= 0.6 is 0 Å². The Bertz CT molecular complexity index is 551.